The Morgan fingerprint density at radius 2 is 1.79 bits per heavy atom. The molecule has 2 aromatic rings. The Hall–Kier alpha value is -1.48. The van der Waals surface area contributed by atoms with Gasteiger partial charge in [-0.3, -0.25) is 0 Å². The van der Waals surface area contributed by atoms with E-state index in [1.165, 1.54) is 5.56 Å². The summed E-state index contributed by atoms with van der Waals surface area (Å²) in [5.74, 6) is 1.58. The van der Waals surface area contributed by atoms with Crippen LogP contribution in [0.2, 0.25) is 0 Å². The minimum absolute atomic E-state index is 0.542. The number of para-hydroxylation sites is 1. The summed E-state index contributed by atoms with van der Waals surface area (Å²) in [7, 11) is 1.66. The minimum atomic E-state index is 0.542. The lowest BCUT2D eigenvalue weighted by Gasteiger charge is -2.14. The first-order chi connectivity index (χ1) is 9.24. The highest BCUT2D eigenvalue weighted by molar-refractivity contribution is 9.08. The third-order valence-corrected chi connectivity index (χ3v) is 3.53. The highest BCUT2D eigenvalue weighted by Crippen LogP contribution is 2.33. The van der Waals surface area contributed by atoms with Gasteiger partial charge < -0.3 is 9.47 Å². The number of hydrogen-bond acceptors (Lipinski definition) is 2. The molecule has 0 aliphatic rings. The quantitative estimate of drug-likeness (QED) is 0.756. The van der Waals surface area contributed by atoms with Crippen molar-refractivity contribution in [1.29, 1.82) is 0 Å². The fourth-order valence-electron chi connectivity index (χ4n) is 1.83. The van der Waals surface area contributed by atoms with Gasteiger partial charge in [-0.2, -0.15) is 0 Å². The van der Waals surface area contributed by atoms with Crippen LogP contribution in [0.25, 0.3) is 0 Å². The van der Waals surface area contributed by atoms with Crippen molar-refractivity contribution in [1.82, 2.24) is 0 Å². The van der Waals surface area contributed by atoms with Crippen molar-refractivity contribution in [3.8, 4) is 11.5 Å². The fourth-order valence-corrected chi connectivity index (χ4v) is 2.27. The summed E-state index contributed by atoms with van der Waals surface area (Å²) in [6.07, 6.45) is 0. The molecule has 0 N–H and O–H groups in total. The largest absolute Gasteiger partial charge is 0.493 e. The molecule has 2 nitrogen and oxygen atoms in total. The van der Waals surface area contributed by atoms with Crippen LogP contribution in [0.15, 0.2) is 42.5 Å². The molecule has 0 saturated carbocycles. The van der Waals surface area contributed by atoms with Crippen LogP contribution in [0.1, 0.15) is 16.7 Å². The van der Waals surface area contributed by atoms with Crippen LogP contribution in [0, 0.1) is 6.92 Å². The number of methoxy groups -OCH3 is 1. The third kappa shape index (κ3) is 3.51. The number of halogens is 1. The van der Waals surface area contributed by atoms with Gasteiger partial charge in [0.15, 0.2) is 11.5 Å². The monoisotopic (exact) mass is 320 g/mol. The van der Waals surface area contributed by atoms with Gasteiger partial charge in [0.1, 0.15) is 6.61 Å². The van der Waals surface area contributed by atoms with Crippen molar-refractivity contribution in [2.45, 2.75) is 18.9 Å². The molecular formula is C16H17BrO2. The maximum absolute atomic E-state index is 5.92. The summed E-state index contributed by atoms with van der Waals surface area (Å²) < 4.78 is 11.3. The molecule has 100 valence electrons. The lowest BCUT2D eigenvalue weighted by molar-refractivity contribution is 0.282. The topological polar surface area (TPSA) is 18.5 Å². The molecule has 0 unspecified atom stereocenters. The number of hydrogen-bond donors (Lipinski definition) is 0. The summed E-state index contributed by atoms with van der Waals surface area (Å²) in [5, 5.41) is 0.743. The number of alkyl halides is 1. The maximum Gasteiger partial charge on any atom is 0.165 e. The second-order valence-electron chi connectivity index (χ2n) is 4.36. The average Bonchev–Trinajstić information content (AvgIpc) is 2.46. The molecule has 0 radical (unpaired) electrons. The average molecular weight is 321 g/mol. The van der Waals surface area contributed by atoms with Gasteiger partial charge in [0, 0.05) is 10.9 Å². The molecule has 0 bridgehead atoms. The van der Waals surface area contributed by atoms with E-state index in [9.17, 15) is 0 Å². The van der Waals surface area contributed by atoms with E-state index < -0.39 is 0 Å². The van der Waals surface area contributed by atoms with Gasteiger partial charge in [0.05, 0.1) is 7.11 Å². The van der Waals surface area contributed by atoms with Crippen LogP contribution in [0.5, 0.6) is 11.5 Å². The van der Waals surface area contributed by atoms with Crippen molar-refractivity contribution in [3.05, 3.63) is 59.2 Å². The predicted molar refractivity (Wildman–Crippen MR) is 81.1 cm³/mol. The van der Waals surface area contributed by atoms with Crippen LogP contribution >= 0.6 is 15.9 Å². The molecule has 0 spiro atoms. The fraction of sp³-hybridized carbons (Fsp3) is 0.250. The summed E-state index contributed by atoms with van der Waals surface area (Å²) >= 11 is 3.47. The van der Waals surface area contributed by atoms with Gasteiger partial charge in [-0.1, -0.05) is 57.9 Å². The minimum Gasteiger partial charge on any atom is -0.493 e. The molecule has 2 rings (SSSR count). The van der Waals surface area contributed by atoms with Crippen LogP contribution < -0.4 is 9.47 Å². The molecule has 0 heterocycles. The van der Waals surface area contributed by atoms with E-state index in [1.807, 2.05) is 18.2 Å². The van der Waals surface area contributed by atoms with Crippen LogP contribution in [0.3, 0.4) is 0 Å². The van der Waals surface area contributed by atoms with Crippen LogP contribution in [0.4, 0.5) is 0 Å². The normalized spacial score (nSPS) is 10.3. The van der Waals surface area contributed by atoms with Gasteiger partial charge >= 0.3 is 0 Å². The SMILES string of the molecule is COc1cccc(CBr)c1OCc1ccc(C)cc1. The van der Waals surface area contributed by atoms with E-state index in [0.717, 1.165) is 28.0 Å². The van der Waals surface area contributed by atoms with E-state index in [0.29, 0.717) is 6.61 Å². The number of aryl methyl sites for hydroxylation is 1. The Bertz CT molecular complexity index is 513. The van der Waals surface area contributed by atoms with Crippen molar-refractivity contribution in [2.24, 2.45) is 0 Å². The van der Waals surface area contributed by atoms with Crippen LogP contribution in [-0.2, 0) is 11.9 Å². The second-order valence-corrected chi connectivity index (χ2v) is 4.92. The predicted octanol–water partition coefficient (Wildman–Crippen LogP) is 4.48. The van der Waals surface area contributed by atoms with Crippen molar-refractivity contribution >= 4 is 15.9 Å². The summed E-state index contributed by atoms with van der Waals surface area (Å²) in [6.45, 7) is 2.62. The summed E-state index contributed by atoms with van der Waals surface area (Å²) in [4.78, 5) is 0. The number of ether oxygens (including phenoxy) is 2. The lowest BCUT2D eigenvalue weighted by atomic mass is 10.1. The molecule has 0 fully saturated rings. The molecule has 3 heteroatoms. The van der Waals surface area contributed by atoms with Gasteiger partial charge in [-0.25, -0.2) is 0 Å². The highest BCUT2D eigenvalue weighted by Gasteiger charge is 2.09. The van der Waals surface area contributed by atoms with E-state index in [-0.39, 0.29) is 0 Å². The molecule has 0 atom stereocenters. The zero-order valence-electron chi connectivity index (χ0n) is 11.2. The third-order valence-electron chi connectivity index (χ3n) is 2.93. The molecule has 0 aromatic heterocycles. The second kappa shape index (κ2) is 6.62. The Morgan fingerprint density at radius 1 is 1.05 bits per heavy atom. The van der Waals surface area contributed by atoms with Gasteiger partial charge in [0.25, 0.3) is 0 Å². The van der Waals surface area contributed by atoms with Crippen molar-refractivity contribution < 1.29 is 9.47 Å². The first kappa shape index (κ1) is 13.9. The van der Waals surface area contributed by atoms with E-state index >= 15 is 0 Å². The first-order valence-corrected chi connectivity index (χ1v) is 7.27. The Balaban J connectivity index is 2.16. The maximum atomic E-state index is 5.92. The number of benzene rings is 2. The molecule has 19 heavy (non-hydrogen) atoms. The van der Waals surface area contributed by atoms with Crippen molar-refractivity contribution in [2.75, 3.05) is 7.11 Å². The zero-order valence-corrected chi connectivity index (χ0v) is 12.7. The van der Waals surface area contributed by atoms with E-state index in [2.05, 4.69) is 47.1 Å². The summed E-state index contributed by atoms with van der Waals surface area (Å²) in [5.41, 5.74) is 3.49. The van der Waals surface area contributed by atoms with Gasteiger partial charge in [-0.05, 0) is 18.6 Å². The highest BCUT2D eigenvalue weighted by atomic mass is 79.9. The van der Waals surface area contributed by atoms with Gasteiger partial charge in [0.2, 0.25) is 0 Å². The smallest absolute Gasteiger partial charge is 0.165 e. The molecule has 0 saturated heterocycles. The van der Waals surface area contributed by atoms with Gasteiger partial charge in [-0.15, -0.1) is 0 Å². The lowest BCUT2D eigenvalue weighted by Crippen LogP contribution is -2.00. The zero-order chi connectivity index (χ0) is 13.7. The molecule has 0 aliphatic heterocycles. The van der Waals surface area contributed by atoms with E-state index in [4.69, 9.17) is 9.47 Å². The molecule has 0 amide bonds. The molecule has 2 aromatic carbocycles. The Labute approximate surface area is 122 Å². The van der Waals surface area contributed by atoms with Crippen LogP contribution in [-0.4, -0.2) is 7.11 Å². The standard InChI is InChI=1S/C16H17BrO2/c1-12-6-8-13(9-7-12)11-19-16-14(10-17)4-3-5-15(16)18-2/h3-9H,10-11H2,1-2H3. The summed E-state index contributed by atoms with van der Waals surface area (Å²) in [6, 6.07) is 14.3. The van der Waals surface area contributed by atoms with E-state index in [1.54, 1.807) is 7.11 Å². The Kier molecular flexibility index (Phi) is 4.86. The van der Waals surface area contributed by atoms with Crippen molar-refractivity contribution in [3.63, 3.8) is 0 Å². The number of rotatable bonds is 5. The molecular weight excluding hydrogens is 304 g/mol. The first-order valence-electron chi connectivity index (χ1n) is 6.14. The molecule has 0 aliphatic carbocycles. The Morgan fingerprint density at radius 3 is 2.42 bits per heavy atom.